The number of hydrogen-bond acceptors (Lipinski definition) is 7. The zero-order valence-electron chi connectivity index (χ0n) is 10.9. The Labute approximate surface area is 128 Å². The van der Waals surface area contributed by atoms with Gasteiger partial charge in [-0.2, -0.15) is 0 Å². The molecule has 0 unspecified atom stereocenters. The number of Topliss-reactive ketones (excluding diaryl/α,β-unsaturated/α-hetero) is 1. The van der Waals surface area contributed by atoms with Gasteiger partial charge in [-0.05, 0) is 28.1 Å². The molecular weight excluding hydrogens is 316 g/mol. The number of ketones is 1. The second-order valence-corrected chi connectivity index (χ2v) is 4.53. The highest BCUT2D eigenvalue weighted by Gasteiger charge is 2.14. The SMILES string of the molecule is O=C(COc1ccc([N+](=O)[O-])nc1)c1cc(O)c(Cl)c(O)c1. The van der Waals surface area contributed by atoms with Gasteiger partial charge in [0, 0.05) is 11.6 Å². The van der Waals surface area contributed by atoms with Crippen molar-refractivity contribution in [3.05, 3.63) is 51.2 Å². The van der Waals surface area contributed by atoms with Crippen LogP contribution < -0.4 is 4.74 Å². The number of pyridine rings is 1. The van der Waals surface area contributed by atoms with E-state index in [0.29, 0.717) is 0 Å². The summed E-state index contributed by atoms with van der Waals surface area (Å²) in [5.41, 5.74) is 0.00858. The van der Waals surface area contributed by atoms with E-state index in [-0.39, 0.29) is 22.2 Å². The number of ether oxygens (including phenoxy) is 1. The third kappa shape index (κ3) is 3.41. The summed E-state index contributed by atoms with van der Waals surface area (Å²) >= 11 is 5.56. The van der Waals surface area contributed by atoms with Gasteiger partial charge < -0.3 is 25.1 Å². The summed E-state index contributed by atoms with van der Waals surface area (Å²) in [6.07, 6.45) is 1.11. The summed E-state index contributed by atoms with van der Waals surface area (Å²) < 4.78 is 5.14. The van der Waals surface area contributed by atoms with Crippen molar-refractivity contribution in [3.63, 3.8) is 0 Å². The number of phenols is 2. The molecule has 1 aromatic carbocycles. The lowest BCUT2D eigenvalue weighted by Crippen LogP contribution is -2.11. The molecule has 2 N–H and O–H groups in total. The molecule has 0 atom stereocenters. The van der Waals surface area contributed by atoms with E-state index in [1.165, 1.54) is 6.07 Å². The minimum Gasteiger partial charge on any atom is -0.506 e. The first kappa shape index (κ1) is 15.5. The number of phenolic OH excluding ortho intramolecular Hbond substituents is 2. The molecule has 9 heteroatoms. The molecule has 0 radical (unpaired) electrons. The first-order chi connectivity index (χ1) is 10.4. The van der Waals surface area contributed by atoms with E-state index in [2.05, 4.69) is 4.98 Å². The number of nitro groups is 1. The lowest BCUT2D eigenvalue weighted by Gasteiger charge is -2.06. The lowest BCUT2D eigenvalue weighted by molar-refractivity contribution is -0.389. The van der Waals surface area contributed by atoms with Crippen LogP contribution >= 0.6 is 11.6 Å². The summed E-state index contributed by atoms with van der Waals surface area (Å²) in [6.45, 7) is -0.403. The van der Waals surface area contributed by atoms with E-state index in [1.54, 1.807) is 0 Å². The fourth-order valence-electron chi connectivity index (χ4n) is 1.55. The van der Waals surface area contributed by atoms with Crippen LogP contribution in [-0.2, 0) is 0 Å². The van der Waals surface area contributed by atoms with Crippen LogP contribution in [-0.4, -0.2) is 32.5 Å². The Bertz CT molecular complexity index is 709. The summed E-state index contributed by atoms with van der Waals surface area (Å²) in [7, 11) is 0. The van der Waals surface area contributed by atoms with Crippen LogP contribution in [0, 0.1) is 10.1 Å². The number of nitrogens with zero attached hydrogens (tertiary/aromatic N) is 2. The number of aromatic nitrogens is 1. The number of rotatable bonds is 5. The van der Waals surface area contributed by atoms with E-state index in [4.69, 9.17) is 16.3 Å². The zero-order chi connectivity index (χ0) is 16.3. The van der Waals surface area contributed by atoms with E-state index in [0.717, 1.165) is 24.4 Å². The average molecular weight is 325 g/mol. The van der Waals surface area contributed by atoms with Crippen molar-refractivity contribution in [1.29, 1.82) is 0 Å². The van der Waals surface area contributed by atoms with Crippen molar-refractivity contribution in [3.8, 4) is 17.2 Å². The van der Waals surface area contributed by atoms with Crippen molar-refractivity contribution in [1.82, 2.24) is 4.98 Å². The van der Waals surface area contributed by atoms with Crippen LogP contribution in [0.1, 0.15) is 10.4 Å². The maximum absolute atomic E-state index is 11.9. The van der Waals surface area contributed by atoms with Crippen LogP contribution in [0.25, 0.3) is 0 Å². The van der Waals surface area contributed by atoms with Gasteiger partial charge >= 0.3 is 5.82 Å². The van der Waals surface area contributed by atoms with E-state index in [1.807, 2.05) is 0 Å². The number of aromatic hydroxyl groups is 2. The van der Waals surface area contributed by atoms with Gasteiger partial charge in [-0.25, -0.2) is 0 Å². The minimum absolute atomic E-state index is 0.00858. The van der Waals surface area contributed by atoms with Gasteiger partial charge in [0.1, 0.15) is 16.5 Å². The fourth-order valence-corrected chi connectivity index (χ4v) is 1.66. The highest BCUT2D eigenvalue weighted by Crippen LogP contribution is 2.33. The van der Waals surface area contributed by atoms with Gasteiger partial charge in [0.25, 0.3) is 0 Å². The molecule has 0 fully saturated rings. The molecule has 1 aromatic heterocycles. The third-order valence-electron chi connectivity index (χ3n) is 2.63. The summed E-state index contributed by atoms with van der Waals surface area (Å²) in [6, 6.07) is 4.64. The minimum atomic E-state index is -0.659. The standard InChI is InChI=1S/C13H9ClN2O6/c14-13-9(17)3-7(4-10(13)18)11(19)6-22-8-1-2-12(15-5-8)16(20)21/h1-5,17-18H,6H2. The molecule has 114 valence electrons. The van der Waals surface area contributed by atoms with Crippen molar-refractivity contribution in [2.75, 3.05) is 6.61 Å². The molecule has 22 heavy (non-hydrogen) atoms. The molecule has 0 spiro atoms. The summed E-state index contributed by atoms with van der Waals surface area (Å²) in [5.74, 6) is -1.56. The fraction of sp³-hybridized carbons (Fsp3) is 0.0769. The molecule has 0 bridgehead atoms. The van der Waals surface area contributed by atoms with E-state index < -0.39 is 28.8 Å². The predicted molar refractivity (Wildman–Crippen MR) is 75.5 cm³/mol. The Hall–Kier alpha value is -2.87. The molecule has 8 nitrogen and oxygen atoms in total. The highest BCUT2D eigenvalue weighted by molar-refractivity contribution is 6.33. The summed E-state index contributed by atoms with van der Waals surface area (Å²) in [5, 5.41) is 29.1. The second-order valence-electron chi connectivity index (χ2n) is 4.15. The van der Waals surface area contributed by atoms with Crippen LogP contribution in [0.4, 0.5) is 5.82 Å². The first-order valence-corrected chi connectivity index (χ1v) is 6.24. The highest BCUT2D eigenvalue weighted by atomic mass is 35.5. The predicted octanol–water partition coefficient (Wildman–Crippen LogP) is 2.32. The Morgan fingerprint density at radius 3 is 2.45 bits per heavy atom. The Morgan fingerprint density at radius 2 is 1.95 bits per heavy atom. The molecule has 1 heterocycles. The molecule has 0 aliphatic carbocycles. The smallest absolute Gasteiger partial charge is 0.363 e. The summed E-state index contributed by atoms with van der Waals surface area (Å²) in [4.78, 5) is 25.2. The number of benzene rings is 1. The Kier molecular flexibility index (Phi) is 4.42. The van der Waals surface area contributed by atoms with Crippen molar-refractivity contribution in [2.45, 2.75) is 0 Å². The van der Waals surface area contributed by atoms with Crippen LogP contribution in [0.2, 0.25) is 5.02 Å². The monoisotopic (exact) mass is 324 g/mol. The molecule has 0 amide bonds. The van der Waals surface area contributed by atoms with Gasteiger partial charge in [0.05, 0.1) is 0 Å². The Balaban J connectivity index is 2.05. The van der Waals surface area contributed by atoms with Crippen molar-refractivity contribution in [2.24, 2.45) is 0 Å². The topological polar surface area (TPSA) is 123 Å². The van der Waals surface area contributed by atoms with Gasteiger partial charge in [-0.15, -0.1) is 0 Å². The van der Waals surface area contributed by atoms with Crippen LogP contribution in [0.5, 0.6) is 17.2 Å². The third-order valence-corrected chi connectivity index (χ3v) is 3.02. The van der Waals surface area contributed by atoms with E-state index in [9.17, 15) is 25.1 Å². The molecule has 2 rings (SSSR count). The zero-order valence-corrected chi connectivity index (χ0v) is 11.6. The molecule has 2 aromatic rings. The quantitative estimate of drug-likeness (QED) is 0.491. The molecule has 0 aliphatic heterocycles. The van der Waals surface area contributed by atoms with E-state index >= 15 is 0 Å². The average Bonchev–Trinajstić information content (AvgIpc) is 2.50. The lowest BCUT2D eigenvalue weighted by atomic mass is 10.1. The number of carbonyl (C=O) groups excluding carboxylic acids is 1. The largest absolute Gasteiger partial charge is 0.506 e. The number of carbonyl (C=O) groups is 1. The maximum Gasteiger partial charge on any atom is 0.363 e. The number of hydrogen-bond donors (Lipinski definition) is 2. The van der Waals surface area contributed by atoms with Crippen LogP contribution in [0.15, 0.2) is 30.5 Å². The van der Waals surface area contributed by atoms with Gasteiger partial charge in [-0.3, -0.25) is 4.79 Å². The van der Waals surface area contributed by atoms with Crippen molar-refractivity contribution >= 4 is 23.2 Å². The Morgan fingerprint density at radius 1 is 1.32 bits per heavy atom. The normalized spacial score (nSPS) is 10.2. The molecule has 0 saturated carbocycles. The second kappa shape index (κ2) is 6.27. The van der Waals surface area contributed by atoms with Gasteiger partial charge in [-0.1, -0.05) is 11.6 Å². The molecular formula is C13H9ClN2O6. The first-order valence-electron chi connectivity index (χ1n) is 5.86. The van der Waals surface area contributed by atoms with Gasteiger partial charge in [0.2, 0.25) is 0 Å². The van der Waals surface area contributed by atoms with Crippen molar-refractivity contribution < 1.29 is 24.7 Å². The van der Waals surface area contributed by atoms with Gasteiger partial charge in [0.15, 0.2) is 24.3 Å². The van der Waals surface area contributed by atoms with Crippen LogP contribution in [0.3, 0.4) is 0 Å². The number of halogens is 1. The maximum atomic E-state index is 11.9. The molecule has 0 saturated heterocycles. The molecule has 0 aliphatic rings.